The summed E-state index contributed by atoms with van der Waals surface area (Å²) in [6.07, 6.45) is 6.38. The number of hydrogen-bond donors (Lipinski definition) is 1. The Balaban J connectivity index is 1.48. The average molecular weight is 336 g/mol. The maximum atomic E-state index is 12.5. The fourth-order valence-electron chi connectivity index (χ4n) is 3.26. The van der Waals surface area contributed by atoms with Crippen LogP contribution in [-0.4, -0.2) is 26.7 Å². The van der Waals surface area contributed by atoms with E-state index in [1.165, 1.54) is 12.8 Å². The van der Waals surface area contributed by atoms with Gasteiger partial charge in [-0.3, -0.25) is 4.79 Å². The van der Waals surface area contributed by atoms with Crippen LogP contribution in [-0.2, 0) is 6.54 Å². The molecule has 0 unspecified atom stereocenters. The molecule has 0 spiro atoms. The van der Waals surface area contributed by atoms with Gasteiger partial charge in [0.05, 0.1) is 6.54 Å². The molecule has 1 aromatic carbocycles. The van der Waals surface area contributed by atoms with Gasteiger partial charge in [-0.15, -0.1) is 0 Å². The van der Waals surface area contributed by atoms with Crippen molar-refractivity contribution in [1.29, 1.82) is 0 Å². The first-order valence-electron chi connectivity index (χ1n) is 8.63. The van der Waals surface area contributed by atoms with E-state index in [0.29, 0.717) is 30.0 Å². The first-order chi connectivity index (χ1) is 12.3. The van der Waals surface area contributed by atoms with Crippen LogP contribution in [0.3, 0.4) is 0 Å². The van der Waals surface area contributed by atoms with Crippen LogP contribution in [0.15, 0.2) is 53.2 Å². The van der Waals surface area contributed by atoms with E-state index >= 15 is 0 Å². The van der Waals surface area contributed by atoms with E-state index in [1.54, 1.807) is 0 Å². The van der Waals surface area contributed by atoms with Crippen molar-refractivity contribution in [3.63, 3.8) is 0 Å². The van der Waals surface area contributed by atoms with Crippen molar-refractivity contribution in [1.82, 2.24) is 20.0 Å². The number of carbonyl (C=O) groups is 1. The molecule has 0 atom stereocenters. The van der Waals surface area contributed by atoms with Gasteiger partial charge < -0.3 is 14.4 Å². The smallest absolute Gasteiger partial charge is 0.268 e. The Labute approximate surface area is 145 Å². The second-order valence-electron chi connectivity index (χ2n) is 6.36. The van der Waals surface area contributed by atoms with Crippen molar-refractivity contribution in [2.75, 3.05) is 0 Å². The van der Waals surface area contributed by atoms with E-state index in [9.17, 15) is 4.79 Å². The lowest BCUT2D eigenvalue weighted by molar-refractivity contribution is 0.0929. The topological polar surface area (TPSA) is 73.0 Å². The lowest BCUT2D eigenvalue weighted by Crippen LogP contribution is -2.34. The fraction of sp³-hybridized carbons (Fsp3) is 0.316. The third-order valence-corrected chi connectivity index (χ3v) is 4.55. The normalized spacial score (nSPS) is 14.7. The van der Waals surface area contributed by atoms with Crippen LogP contribution >= 0.6 is 0 Å². The second-order valence-corrected chi connectivity index (χ2v) is 6.36. The zero-order chi connectivity index (χ0) is 17.1. The van der Waals surface area contributed by atoms with Gasteiger partial charge >= 0.3 is 0 Å². The Bertz CT molecular complexity index is 847. The molecule has 6 nitrogen and oxygen atoms in total. The van der Waals surface area contributed by atoms with Gasteiger partial charge in [0, 0.05) is 17.8 Å². The van der Waals surface area contributed by atoms with E-state index in [0.717, 1.165) is 18.4 Å². The minimum atomic E-state index is -0.0383. The molecule has 1 aliphatic carbocycles. The maximum Gasteiger partial charge on any atom is 0.268 e. The van der Waals surface area contributed by atoms with Gasteiger partial charge in [0.2, 0.25) is 0 Å². The molecule has 25 heavy (non-hydrogen) atoms. The van der Waals surface area contributed by atoms with E-state index in [4.69, 9.17) is 4.52 Å². The minimum absolute atomic E-state index is 0.0383. The van der Waals surface area contributed by atoms with E-state index in [2.05, 4.69) is 15.5 Å². The molecule has 6 heteroatoms. The molecule has 2 heterocycles. The quantitative estimate of drug-likeness (QED) is 0.776. The van der Waals surface area contributed by atoms with Crippen molar-refractivity contribution >= 4 is 5.91 Å². The molecule has 1 N–H and O–H groups in total. The lowest BCUT2D eigenvalue weighted by atomic mass is 10.2. The first-order valence-corrected chi connectivity index (χ1v) is 8.63. The van der Waals surface area contributed by atoms with E-state index in [-0.39, 0.29) is 5.91 Å². The molecular formula is C19H20N4O2. The monoisotopic (exact) mass is 336 g/mol. The van der Waals surface area contributed by atoms with Crippen LogP contribution in [0.1, 0.15) is 42.0 Å². The highest BCUT2D eigenvalue weighted by Gasteiger charge is 2.20. The van der Waals surface area contributed by atoms with Gasteiger partial charge in [0.1, 0.15) is 5.69 Å². The second kappa shape index (κ2) is 6.93. The molecule has 1 fully saturated rings. The average Bonchev–Trinajstić information content (AvgIpc) is 3.38. The Hall–Kier alpha value is -2.89. The number of carbonyl (C=O) groups excluding carboxylic acids is 1. The van der Waals surface area contributed by atoms with Crippen LogP contribution in [0.2, 0.25) is 0 Å². The Morgan fingerprint density at radius 3 is 2.76 bits per heavy atom. The molecule has 0 aliphatic heterocycles. The summed E-state index contributed by atoms with van der Waals surface area (Å²) in [7, 11) is 0. The summed E-state index contributed by atoms with van der Waals surface area (Å²) in [6, 6.07) is 13.6. The molecule has 128 valence electrons. The van der Waals surface area contributed by atoms with Gasteiger partial charge in [-0.25, -0.2) is 0 Å². The summed E-state index contributed by atoms with van der Waals surface area (Å²) < 4.78 is 7.18. The number of hydrogen-bond acceptors (Lipinski definition) is 4. The summed E-state index contributed by atoms with van der Waals surface area (Å²) in [6.45, 7) is 0.400. The Morgan fingerprint density at radius 1 is 1.16 bits per heavy atom. The van der Waals surface area contributed by atoms with Gasteiger partial charge in [-0.1, -0.05) is 36.2 Å². The highest BCUT2D eigenvalue weighted by Crippen LogP contribution is 2.19. The van der Waals surface area contributed by atoms with Crippen molar-refractivity contribution in [3.05, 3.63) is 60.2 Å². The summed E-state index contributed by atoms with van der Waals surface area (Å²) >= 11 is 0. The maximum absolute atomic E-state index is 12.5. The number of nitrogens with one attached hydrogen (secondary N) is 1. The van der Waals surface area contributed by atoms with E-state index in [1.807, 2.05) is 53.2 Å². The number of benzene rings is 1. The fourth-order valence-corrected chi connectivity index (χ4v) is 3.26. The summed E-state index contributed by atoms with van der Waals surface area (Å²) in [4.78, 5) is 16.9. The molecule has 3 aromatic rings. The summed E-state index contributed by atoms with van der Waals surface area (Å²) in [5.41, 5.74) is 1.51. The van der Waals surface area contributed by atoms with Crippen molar-refractivity contribution in [3.8, 4) is 11.5 Å². The number of nitrogens with zero attached hydrogens (tertiary/aromatic N) is 3. The Morgan fingerprint density at radius 2 is 1.96 bits per heavy atom. The predicted molar refractivity (Wildman–Crippen MR) is 93.0 cm³/mol. The number of aromatic nitrogens is 3. The van der Waals surface area contributed by atoms with Crippen molar-refractivity contribution in [2.45, 2.75) is 38.3 Å². The third kappa shape index (κ3) is 3.47. The van der Waals surface area contributed by atoms with E-state index < -0.39 is 0 Å². The summed E-state index contributed by atoms with van der Waals surface area (Å²) in [5, 5.41) is 7.15. The van der Waals surface area contributed by atoms with Crippen LogP contribution in [0.4, 0.5) is 0 Å². The number of amides is 1. The molecule has 0 bridgehead atoms. The van der Waals surface area contributed by atoms with Gasteiger partial charge in [-0.05, 0) is 37.1 Å². The van der Waals surface area contributed by atoms with Gasteiger partial charge in [0.25, 0.3) is 11.8 Å². The molecule has 1 amide bonds. The van der Waals surface area contributed by atoms with Crippen molar-refractivity contribution < 1.29 is 9.32 Å². The Kier molecular flexibility index (Phi) is 4.33. The predicted octanol–water partition coefficient (Wildman–Crippen LogP) is 3.26. The minimum Gasteiger partial charge on any atom is -0.348 e. The van der Waals surface area contributed by atoms with Crippen LogP contribution in [0.25, 0.3) is 11.5 Å². The molecule has 0 saturated heterocycles. The molecule has 0 radical (unpaired) electrons. The molecule has 4 rings (SSSR count). The van der Waals surface area contributed by atoms with Crippen molar-refractivity contribution in [2.24, 2.45) is 0 Å². The summed E-state index contributed by atoms with van der Waals surface area (Å²) in [5.74, 6) is 0.994. The lowest BCUT2D eigenvalue weighted by Gasteiger charge is -2.13. The standard InChI is InChI=1S/C19H20N4O2/c24-18(20-15-9-4-5-10-15)16-11-6-12-23(16)13-17-21-19(25-22-17)14-7-2-1-3-8-14/h1-3,6-8,11-12,15H,4-5,9-10,13H2,(H,20,24). The van der Waals surface area contributed by atoms with Crippen LogP contribution in [0, 0.1) is 0 Å². The highest BCUT2D eigenvalue weighted by atomic mass is 16.5. The molecule has 1 aliphatic rings. The zero-order valence-corrected chi connectivity index (χ0v) is 13.9. The zero-order valence-electron chi connectivity index (χ0n) is 13.9. The molecular weight excluding hydrogens is 316 g/mol. The molecule has 2 aromatic heterocycles. The van der Waals surface area contributed by atoms with Gasteiger partial charge in [0.15, 0.2) is 5.82 Å². The third-order valence-electron chi connectivity index (χ3n) is 4.55. The highest BCUT2D eigenvalue weighted by molar-refractivity contribution is 5.93. The van der Waals surface area contributed by atoms with Gasteiger partial charge in [-0.2, -0.15) is 4.98 Å². The van der Waals surface area contributed by atoms with Crippen LogP contribution in [0.5, 0.6) is 0 Å². The van der Waals surface area contributed by atoms with Crippen LogP contribution < -0.4 is 5.32 Å². The SMILES string of the molecule is O=C(NC1CCCC1)c1cccn1Cc1noc(-c2ccccc2)n1. The first kappa shape index (κ1) is 15.6. The number of rotatable bonds is 5. The molecule has 1 saturated carbocycles. The largest absolute Gasteiger partial charge is 0.348 e.